The lowest BCUT2D eigenvalue weighted by molar-refractivity contribution is -0.120. The molecule has 0 N–H and O–H groups in total. The first kappa shape index (κ1) is 8.28. The highest BCUT2D eigenvalue weighted by Crippen LogP contribution is 2.36. The second-order valence-corrected chi connectivity index (χ2v) is 4.51. The molecule has 2 rings (SSSR count). The van der Waals surface area contributed by atoms with Gasteiger partial charge in [-0.05, 0) is 31.1 Å². The van der Waals surface area contributed by atoms with E-state index in [-0.39, 0.29) is 0 Å². The number of rotatable bonds is 0. The maximum absolute atomic E-state index is 11.3. The van der Waals surface area contributed by atoms with Crippen molar-refractivity contribution in [2.45, 2.75) is 51.4 Å². The number of Topliss-reactive ketones (excluding diaryl/α,β-unsaturated/α-hetero) is 1. The predicted octanol–water partition coefficient (Wildman–Crippen LogP) is 2.94. The zero-order valence-corrected chi connectivity index (χ0v) is 7.72. The molecule has 0 saturated heterocycles. The van der Waals surface area contributed by atoms with Crippen molar-refractivity contribution in [2.24, 2.45) is 11.8 Å². The van der Waals surface area contributed by atoms with E-state index in [4.69, 9.17) is 0 Å². The van der Waals surface area contributed by atoms with Crippen molar-refractivity contribution < 1.29 is 4.79 Å². The molecule has 12 heavy (non-hydrogen) atoms. The molecular weight excluding hydrogens is 148 g/mol. The van der Waals surface area contributed by atoms with E-state index in [0.717, 1.165) is 24.7 Å². The van der Waals surface area contributed by atoms with E-state index in [0.29, 0.717) is 5.78 Å². The normalized spacial score (nSPS) is 37.2. The minimum atomic E-state index is 0.520. The van der Waals surface area contributed by atoms with Crippen LogP contribution in [0.3, 0.4) is 0 Å². The number of hydrogen-bond donors (Lipinski definition) is 0. The third-order valence-electron chi connectivity index (χ3n) is 3.55. The van der Waals surface area contributed by atoms with Gasteiger partial charge in [0.15, 0.2) is 0 Å². The highest BCUT2D eigenvalue weighted by molar-refractivity contribution is 5.78. The number of ketones is 1. The van der Waals surface area contributed by atoms with Gasteiger partial charge in [0.1, 0.15) is 5.78 Å². The van der Waals surface area contributed by atoms with Crippen LogP contribution in [0.5, 0.6) is 0 Å². The molecular formula is C11H18O. The van der Waals surface area contributed by atoms with Crippen LogP contribution in [0.1, 0.15) is 51.4 Å². The first-order chi connectivity index (χ1) is 5.84. The van der Waals surface area contributed by atoms with E-state index in [1.54, 1.807) is 0 Å². The van der Waals surface area contributed by atoms with Gasteiger partial charge in [0.25, 0.3) is 0 Å². The number of hydrogen-bond acceptors (Lipinski definition) is 1. The van der Waals surface area contributed by atoms with E-state index in [1.807, 2.05) is 0 Å². The Bertz CT molecular complexity index is 158. The molecule has 0 aromatic carbocycles. The van der Waals surface area contributed by atoms with Crippen LogP contribution >= 0.6 is 0 Å². The molecule has 1 nitrogen and oxygen atoms in total. The molecule has 1 heteroatoms. The summed E-state index contributed by atoms with van der Waals surface area (Å²) in [6.07, 6.45) is 9.75. The first-order valence-corrected chi connectivity index (χ1v) is 5.36. The van der Waals surface area contributed by atoms with Gasteiger partial charge in [-0.15, -0.1) is 0 Å². The van der Waals surface area contributed by atoms with Crippen molar-refractivity contribution in [3.8, 4) is 0 Å². The summed E-state index contributed by atoms with van der Waals surface area (Å²) in [6.45, 7) is 0. The van der Waals surface area contributed by atoms with E-state index in [1.165, 1.54) is 38.5 Å². The summed E-state index contributed by atoms with van der Waals surface area (Å²) in [7, 11) is 0. The third kappa shape index (κ3) is 1.88. The van der Waals surface area contributed by atoms with Crippen molar-refractivity contribution in [1.29, 1.82) is 0 Å². The van der Waals surface area contributed by atoms with Gasteiger partial charge in [-0.3, -0.25) is 4.79 Å². The van der Waals surface area contributed by atoms with E-state index < -0.39 is 0 Å². The monoisotopic (exact) mass is 166 g/mol. The first-order valence-electron chi connectivity index (χ1n) is 5.36. The molecule has 2 aliphatic carbocycles. The second-order valence-electron chi connectivity index (χ2n) is 4.51. The van der Waals surface area contributed by atoms with Gasteiger partial charge in [-0.25, -0.2) is 0 Å². The SMILES string of the molecule is O=C1CCC2CCCC(CC1)C2. The molecule has 0 aromatic heterocycles. The number of fused-ring (bicyclic) bond motifs is 2. The van der Waals surface area contributed by atoms with Crippen molar-refractivity contribution in [3.05, 3.63) is 0 Å². The van der Waals surface area contributed by atoms with E-state index in [9.17, 15) is 4.79 Å². The zero-order chi connectivity index (χ0) is 8.39. The van der Waals surface area contributed by atoms with E-state index in [2.05, 4.69) is 0 Å². The smallest absolute Gasteiger partial charge is 0.132 e. The lowest BCUT2D eigenvalue weighted by Gasteiger charge is -2.30. The largest absolute Gasteiger partial charge is 0.300 e. The second kappa shape index (κ2) is 3.59. The van der Waals surface area contributed by atoms with Gasteiger partial charge >= 0.3 is 0 Å². The number of carbonyl (C=O) groups excluding carboxylic acids is 1. The van der Waals surface area contributed by atoms with Crippen molar-refractivity contribution in [2.75, 3.05) is 0 Å². The highest BCUT2D eigenvalue weighted by atomic mass is 16.1. The Morgan fingerprint density at radius 3 is 2.08 bits per heavy atom. The van der Waals surface area contributed by atoms with Crippen LogP contribution in [0.4, 0.5) is 0 Å². The Balaban J connectivity index is 1.96. The maximum Gasteiger partial charge on any atom is 0.132 e. The zero-order valence-electron chi connectivity index (χ0n) is 7.72. The lowest BCUT2D eigenvalue weighted by atomic mass is 9.75. The minimum absolute atomic E-state index is 0.520. The Kier molecular flexibility index (Phi) is 2.48. The quantitative estimate of drug-likeness (QED) is 0.540. The molecule has 0 amide bonds. The van der Waals surface area contributed by atoms with Crippen LogP contribution in [-0.2, 0) is 4.79 Å². The maximum atomic E-state index is 11.3. The average molecular weight is 166 g/mol. The van der Waals surface area contributed by atoms with Gasteiger partial charge in [-0.1, -0.05) is 19.3 Å². The average Bonchev–Trinajstić information content (AvgIpc) is 2.11. The van der Waals surface area contributed by atoms with Gasteiger partial charge in [-0.2, -0.15) is 0 Å². The molecule has 0 spiro atoms. The summed E-state index contributed by atoms with van der Waals surface area (Å²) < 4.78 is 0. The van der Waals surface area contributed by atoms with E-state index >= 15 is 0 Å². The van der Waals surface area contributed by atoms with Gasteiger partial charge in [0, 0.05) is 12.8 Å². The van der Waals surface area contributed by atoms with Crippen LogP contribution in [0.15, 0.2) is 0 Å². The Labute approximate surface area is 74.5 Å². The molecule has 2 fully saturated rings. The summed E-state index contributed by atoms with van der Waals surface area (Å²) in [5.74, 6) is 2.31. The third-order valence-corrected chi connectivity index (χ3v) is 3.55. The van der Waals surface area contributed by atoms with Crippen molar-refractivity contribution in [1.82, 2.24) is 0 Å². The molecule has 2 aliphatic rings. The lowest BCUT2D eigenvalue weighted by Crippen LogP contribution is -2.20. The molecule has 2 unspecified atom stereocenters. The fourth-order valence-corrected chi connectivity index (χ4v) is 2.78. The Morgan fingerprint density at radius 2 is 1.50 bits per heavy atom. The fraction of sp³-hybridized carbons (Fsp3) is 0.909. The molecule has 2 saturated carbocycles. The standard InChI is InChI=1S/C11H18O/c12-11-6-4-9-2-1-3-10(8-9)5-7-11/h9-10H,1-8H2. The summed E-state index contributed by atoms with van der Waals surface area (Å²) >= 11 is 0. The summed E-state index contributed by atoms with van der Waals surface area (Å²) in [4.78, 5) is 11.3. The number of carbonyl (C=O) groups is 1. The van der Waals surface area contributed by atoms with Crippen LogP contribution in [0.2, 0.25) is 0 Å². The topological polar surface area (TPSA) is 17.1 Å². The molecule has 0 heterocycles. The molecule has 68 valence electrons. The van der Waals surface area contributed by atoms with Crippen molar-refractivity contribution >= 4 is 5.78 Å². The fourth-order valence-electron chi connectivity index (χ4n) is 2.78. The summed E-state index contributed by atoms with van der Waals surface area (Å²) in [6, 6.07) is 0. The van der Waals surface area contributed by atoms with Gasteiger partial charge in [0.2, 0.25) is 0 Å². The van der Waals surface area contributed by atoms with Crippen LogP contribution in [-0.4, -0.2) is 5.78 Å². The van der Waals surface area contributed by atoms with Crippen LogP contribution < -0.4 is 0 Å². The minimum Gasteiger partial charge on any atom is -0.300 e. The van der Waals surface area contributed by atoms with Crippen LogP contribution in [0.25, 0.3) is 0 Å². The van der Waals surface area contributed by atoms with Crippen LogP contribution in [0, 0.1) is 11.8 Å². The highest BCUT2D eigenvalue weighted by Gasteiger charge is 2.25. The molecule has 0 aliphatic heterocycles. The van der Waals surface area contributed by atoms with Gasteiger partial charge in [0.05, 0.1) is 0 Å². The Morgan fingerprint density at radius 1 is 0.917 bits per heavy atom. The molecule has 2 atom stereocenters. The molecule has 0 radical (unpaired) electrons. The molecule has 0 aromatic rings. The van der Waals surface area contributed by atoms with Gasteiger partial charge < -0.3 is 0 Å². The summed E-state index contributed by atoms with van der Waals surface area (Å²) in [5.41, 5.74) is 0. The Hall–Kier alpha value is -0.330. The predicted molar refractivity (Wildman–Crippen MR) is 48.9 cm³/mol. The summed E-state index contributed by atoms with van der Waals surface area (Å²) in [5, 5.41) is 0. The van der Waals surface area contributed by atoms with Crippen molar-refractivity contribution in [3.63, 3.8) is 0 Å². The molecule has 2 bridgehead atoms.